The average molecular weight is 332 g/mol. The molecule has 2 aromatic rings. The predicted octanol–water partition coefficient (Wildman–Crippen LogP) is 2.83. The molecular weight excluding hydrogens is 311 g/mol. The van der Waals surface area contributed by atoms with E-state index >= 15 is 0 Å². The number of anilines is 1. The molecule has 1 amide bonds. The van der Waals surface area contributed by atoms with Gasteiger partial charge in [-0.1, -0.05) is 6.07 Å². The fourth-order valence-corrected chi connectivity index (χ4v) is 2.72. The third-order valence-electron chi connectivity index (χ3n) is 3.83. The highest BCUT2D eigenvalue weighted by atomic mass is 19.1. The highest BCUT2D eigenvalue weighted by Crippen LogP contribution is 2.25. The molecule has 1 saturated heterocycles. The number of ether oxygens (including phenoxy) is 1. The van der Waals surface area contributed by atoms with Crippen molar-refractivity contribution in [2.45, 2.75) is 26.4 Å². The van der Waals surface area contributed by atoms with Crippen LogP contribution in [0.3, 0.4) is 0 Å². The number of fused-ring (bicyclic) bond motifs is 1. The van der Waals surface area contributed by atoms with Crippen LogP contribution in [-0.4, -0.2) is 52.7 Å². The zero-order valence-electron chi connectivity index (χ0n) is 14.1. The Kier molecular flexibility index (Phi) is 4.26. The first-order chi connectivity index (χ1) is 11.3. The van der Waals surface area contributed by atoms with Crippen LogP contribution in [0.2, 0.25) is 0 Å². The molecule has 128 valence electrons. The molecule has 0 bridgehead atoms. The molecule has 1 aromatic heterocycles. The maximum atomic E-state index is 13.9. The Hall–Kier alpha value is -2.44. The Labute approximate surface area is 140 Å². The van der Waals surface area contributed by atoms with Crippen molar-refractivity contribution in [3.63, 3.8) is 0 Å². The Morgan fingerprint density at radius 3 is 2.54 bits per heavy atom. The van der Waals surface area contributed by atoms with E-state index in [0.29, 0.717) is 42.9 Å². The summed E-state index contributed by atoms with van der Waals surface area (Å²) >= 11 is 0. The molecule has 24 heavy (non-hydrogen) atoms. The van der Waals surface area contributed by atoms with E-state index in [9.17, 15) is 9.18 Å². The second kappa shape index (κ2) is 6.22. The molecule has 0 saturated carbocycles. The van der Waals surface area contributed by atoms with Gasteiger partial charge >= 0.3 is 6.09 Å². The number of rotatable bonds is 1. The topological polar surface area (TPSA) is 58.6 Å². The molecule has 1 aromatic carbocycles. The summed E-state index contributed by atoms with van der Waals surface area (Å²) in [7, 11) is 0. The largest absolute Gasteiger partial charge is 0.444 e. The van der Waals surface area contributed by atoms with E-state index in [1.807, 2.05) is 31.7 Å². The highest BCUT2D eigenvalue weighted by Gasteiger charge is 2.27. The Bertz CT molecular complexity index is 752. The first-order valence-electron chi connectivity index (χ1n) is 7.97. The van der Waals surface area contributed by atoms with Gasteiger partial charge in [0.1, 0.15) is 29.1 Å². The van der Waals surface area contributed by atoms with Crippen LogP contribution in [0.25, 0.3) is 10.9 Å². The molecule has 1 aliphatic heterocycles. The summed E-state index contributed by atoms with van der Waals surface area (Å²) in [6.07, 6.45) is 1.07. The van der Waals surface area contributed by atoms with Crippen LogP contribution >= 0.6 is 0 Å². The standard InChI is InChI=1S/C17H21FN4O2/c1-17(2,3)24-16(23)22-9-7-21(8-10-22)15-12-5-4-6-13(18)14(12)19-11-20-15/h4-6,11H,7-10H2,1-3H3. The lowest BCUT2D eigenvalue weighted by molar-refractivity contribution is 0.0240. The molecule has 0 atom stereocenters. The van der Waals surface area contributed by atoms with E-state index in [1.54, 1.807) is 11.0 Å². The SMILES string of the molecule is CC(C)(C)OC(=O)N1CCN(c2ncnc3c(F)cccc23)CC1. The van der Waals surface area contributed by atoms with Gasteiger partial charge in [-0.05, 0) is 32.9 Å². The number of nitrogens with zero attached hydrogens (tertiary/aromatic N) is 4. The molecule has 7 heteroatoms. The van der Waals surface area contributed by atoms with Gasteiger partial charge in [-0.25, -0.2) is 19.2 Å². The Morgan fingerprint density at radius 2 is 1.88 bits per heavy atom. The molecule has 6 nitrogen and oxygen atoms in total. The van der Waals surface area contributed by atoms with E-state index < -0.39 is 5.60 Å². The molecule has 1 fully saturated rings. The fourth-order valence-electron chi connectivity index (χ4n) is 2.72. The maximum Gasteiger partial charge on any atom is 0.410 e. The minimum Gasteiger partial charge on any atom is -0.444 e. The zero-order valence-corrected chi connectivity index (χ0v) is 14.1. The Morgan fingerprint density at radius 1 is 1.17 bits per heavy atom. The van der Waals surface area contributed by atoms with Crippen LogP contribution in [0, 0.1) is 5.82 Å². The lowest BCUT2D eigenvalue weighted by Crippen LogP contribution is -2.50. The second-order valence-electron chi connectivity index (χ2n) is 6.79. The third kappa shape index (κ3) is 3.39. The first-order valence-corrected chi connectivity index (χ1v) is 7.97. The van der Waals surface area contributed by atoms with Crippen LogP contribution in [-0.2, 0) is 4.74 Å². The van der Waals surface area contributed by atoms with Crippen molar-refractivity contribution in [2.24, 2.45) is 0 Å². The van der Waals surface area contributed by atoms with Crippen LogP contribution in [0.5, 0.6) is 0 Å². The van der Waals surface area contributed by atoms with E-state index in [-0.39, 0.29) is 11.9 Å². The average Bonchev–Trinajstić information content (AvgIpc) is 2.53. The van der Waals surface area contributed by atoms with Gasteiger partial charge in [0.15, 0.2) is 0 Å². The number of piperazine rings is 1. The smallest absolute Gasteiger partial charge is 0.410 e. The summed E-state index contributed by atoms with van der Waals surface area (Å²) in [5.74, 6) is 0.340. The number of amides is 1. The number of para-hydroxylation sites is 1. The lowest BCUT2D eigenvalue weighted by Gasteiger charge is -2.36. The number of hydrogen-bond donors (Lipinski definition) is 0. The number of carbonyl (C=O) groups excluding carboxylic acids is 1. The van der Waals surface area contributed by atoms with Gasteiger partial charge in [0.25, 0.3) is 0 Å². The number of aromatic nitrogens is 2. The summed E-state index contributed by atoms with van der Waals surface area (Å²) in [6, 6.07) is 4.86. The molecule has 0 radical (unpaired) electrons. The highest BCUT2D eigenvalue weighted by molar-refractivity contribution is 5.89. The van der Waals surface area contributed by atoms with Gasteiger partial charge in [0, 0.05) is 31.6 Å². The number of halogens is 1. The zero-order chi connectivity index (χ0) is 17.3. The summed E-state index contributed by atoms with van der Waals surface area (Å²) < 4.78 is 19.3. The first kappa shape index (κ1) is 16.4. The lowest BCUT2D eigenvalue weighted by atomic mass is 10.2. The molecule has 0 aliphatic carbocycles. The van der Waals surface area contributed by atoms with Gasteiger partial charge in [-0.3, -0.25) is 0 Å². The van der Waals surface area contributed by atoms with Crippen molar-refractivity contribution < 1.29 is 13.9 Å². The van der Waals surface area contributed by atoms with E-state index in [1.165, 1.54) is 12.4 Å². The molecule has 3 rings (SSSR count). The normalized spacial score (nSPS) is 15.7. The fraction of sp³-hybridized carbons (Fsp3) is 0.471. The monoisotopic (exact) mass is 332 g/mol. The van der Waals surface area contributed by atoms with Crippen molar-refractivity contribution >= 4 is 22.8 Å². The maximum absolute atomic E-state index is 13.9. The molecular formula is C17H21FN4O2. The molecule has 0 N–H and O–H groups in total. The van der Waals surface area contributed by atoms with E-state index in [4.69, 9.17) is 4.74 Å². The summed E-state index contributed by atoms with van der Waals surface area (Å²) in [6.45, 7) is 7.85. The van der Waals surface area contributed by atoms with Gasteiger partial charge < -0.3 is 14.5 Å². The second-order valence-corrected chi connectivity index (χ2v) is 6.79. The third-order valence-corrected chi connectivity index (χ3v) is 3.83. The summed E-state index contributed by atoms with van der Waals surface area (Å²) in [5, 5.41) is 0.684. The van der Waals surface area contributed by atoms with Crippen molar-refractivity contribution in [1.29, 1.82) is 0 Å². The summed E-state index contributed by atoms with van der Waals surface area (Å²) in [4.78, 5) is 24.2. The van der Waals surface area contributed by atoms with Gasteiger partial charge in [0.05, 0.1) is 0 Å². The number of benzene rings is 1. The van der Waals surface area contributed by atoms with E-state index in [0.717, 1.165) is 0 Å². The molecule has 2 heterocycles. The molecule has 0 spiro atoms. The Balaban J connectivity index is 1.74. The van der Waals surface area contributed by atoms with Crippen LogP contribution in [0.4, 0.5) is 15.0 Å². The minimum absolute atomic E-state index is 0.305. The van der Waals surface area contributed by atoms with Gasteiger partial charge in [-0.2, -0.15) is 0 Å². The minimum atomic E-state index is -0.505. The van der Waals surface area contributed by atoms with Gasteiger partial charge in [-0.15, -0.1) is 0 Å². The predicted molar refractivity (Wildman–Crippen MR) is 89.5 cm³/mol. The van der Waals surface area contributed by atoms with Crippen LogP contribution in [0.1, 0.15) is 20.8 Å². The van der Waals surface area contributed by atoms with Gasteiger partial charge in [0.2, 0.25) is 0 Å². The number of hydrogen-bond acceptors (Lipinski definition) is 5. The van der Waals surface area contributed by atoms with E-state index in [2.05, 4.69) is 9.97 Å². The molecule has 0 unspecified atom stereocenters. The van der Waals surface area contributed by atoms with Crippen LogP contribution < -0.4 is 4.90 Å². The van der Waals surface area contributed by atoms with Crippen molar-refractivity contribution in [1.82, 2.24) is 14.9 Å². The summed E-state index contributed by atoms with van der Waals surface area (Å²) in [5.41, 5.74) is -0.189. The van der Waals surface area contributed by atoms with Crippen molar-refractivity contribution in [3.05, 3.63) is 30.3 Å². The van der Waals surface area contributed by atoms with Crippen molar-refractivity contribution in [3.8, 4) is 0 Å². The van der Waals surface area contributed by atoms with Crippen LogP contribution in [0.15, 0.2) is 24.5 Å². The molecule has 1 aliphatic rings. The number of carbonyl (C=O) groups is 1. The van der Waals surface area contributed by atoms with Crippen molar-refractivity contribution in [2.75, 3.05) is 31.1 Å². The quantitative estimate of drug-likeness (QED) is 0.804.